The molecule has 0 amide bonds. The second-order valence-corrected chi connectivity index (χ2v) is 1.98. The molecule has 44 valence electrons. The van der Waals surface area contributed by atoms with Gasteiger partial charge in [0, 0.05) is 18.3 Å². The third kappa shape index (κ3) is 0.745. The van der Waals surface area contributed by atoms with Gasteiger partial charge >= 0.3 is 0 Å². The summed E-state index contributed by atoms with van der Waals surface area (Å²) in [5.74, 6) is 0. The van der Waals surface area contributed by atoms with Crippen LogP contribution in [-0.4, -0.2) is 9.55 Å². The summed E-state index contributed by atoms with van der Waals surface area (Å²) in [4.78, 5) is 3.94. The van der Waals surface area contributed by atoms with Gasteiger partial charge in [-0.25, -0.2) is 4.98 Å². The molecule has 2 heterocycles. The standard InChI is InChI=1S/C7H6N2/c1-2-4-9-6-8-5-7(9)3-1/h5-6H,1-2H2. The number of nitrogens with zero attached hydrogens (tertiary/aromatic N) is 2. The predicted octanol–water partition coefficient (Wildman–Crippen LogP) is 0.993. The van der Waals surface area contributed by atoms with Gasteiger partial charge < -0.3 is 4.57 Å². The van der Waals surface area contributed by atoms with Crippen LogP contribution < -0.4 is 0 Å². The highest BCUT2D eigenvalue weighted by molar-refractivity contribution is 5.15. The molecule has 1 aromatic rings. The van der Waals surface area contributed by atoms with Crippen LogP contribution in [-0.2, 0) is 0 Å². The van der Waals surface area contributed by atoms with Crippen LogP contribution in [0.4, 0.5) is 0 Å². The normalized spacial score (nSPS) is 17.3. The Morgan fingerprint density at radius 2 is 2.56 bits per heavy atom. The Labute approximate surface area is 54.5 Å². The highest BCUT2D eigenvalue weighted by Gasteiger charge is 2.08. The molecule has 0 bridgehead atoms. The molecule has 0 saturated carbocycles. The Morgan fingerprint density at radius 1 is 1.56 bits per heavy atom. The third-order valence-corrected chi connectivity index (χ3v) is 1.35. The molecule has 0 aliphatic carbocycles. The lowest BCUT2D eigenvalue weighted by Crippen LogP contribution is -2.03. The van der Waals surface area contributed by atoms with Crippen LogP contribution in [0.3, 0.4) is 0 Å². The topological polar surface area (TPSA) is 17.8 Å². The quantitative estimate of drug-likeness (QED) is 0.496. The second kappa shape index (κ2) is 1.87. The van der Waals surface area contributed by atoms with Gasteiger partial charge in [-0.05, 0) is 12.8 Å². The van der Waals surface area contributed by atoms with E-state index < -0.39 is 0 Å². The Hall–Kier alpha value is -0.790. The first-order valence-corrected chi connectivity index (χ1v) is 2.97. The molecule has 2 nitrogen and oxygen atoms in total. The molecule has 0 N–H and O–H groups in total. The number of rotatable bonds is 0. The van der Waals surface area contributed by atoms with Crippen molar-refractivity contribution in [3.63, 3.8) is 0 Å². The molecule has 2 rings (SSSR count). The molecule has 0 atom stereocenters. The average Bonchev–Trinajstić information content (AvgIpc) is 2.33. The number of imidazole rings is 1. The lowest BCUT2D eigenvalue weighted by molar-refractivity contribution is 0.741. The molecule has 1 aliphatic rings. The summed E-state index contributed by atoms with van der Waals surface area (Å²) in [5.41, 5.74) is 1.04. The fourth-order valence-electron chi connectivity index (χ4n) is 0.919. The van der Waals surface area contributed by atoms with Gasteiger partial charge in [0.1, 0.15) is 0 Å². The SMILES string of the molecule is [C]1CC[C]n2cncc21. The molecule has 1 aromatic heterocycles. The van der Waals surface area contributed by atoms with Crippen LogP contribution in [0.15, 0.2) is 12.5 Å². The zero-order valence-corrected chi connectivity index (χ0v) is 4.96. The van der Waals surface area contributed by atoms with Crippen LogP contribution >= 0.6 is 0 Å². The maximum atomic E-state index is 3.94. The van der Waals surface area contributed by atoms with Gasteiger partial charge in [-0.15, -0.1) is 0 Å². The molecule has 1 aliphatic heterocycles. The van der Waals surface area contributed by atoms with Crippen molar-refractivity contribution >= 4 is 0 Å². The van der Waals surface area contributed by atoms with Gasteiger partial charge in [0.05, 0.1) is 12.9 Å². The zero-order chi connectivity index (χ0) is 6.10. The van der Waals surface area contributed by atoms with E-state index in [0.29, 0.717) is 0 Å². The van der Waals surface area contributed by atoms with Crippen LogP contribution in [0.1, 0.15) is 18.5 Å². The lowest BCUT2D eigenvalue weighted by atomic mass is 10.1. The zero-order valence-electron chi connectivity index (χ0n) is 4.96. The summed E-state index contributed by atoms with van der Waals surface area (Å²) >= 11 is 0. The van der Waals surface area contributed by atoms with Gasteiger partial charge in [0.25, 0.3) is 0 Å². The lowest BCUT2D eigenvalue weighted by Gasteiger charge is -2.09. The van der Waals surface area contributed by atoms with Gasteiger partial charge in [-0.1, -0.05) is 0 Å². The van der Waals surface area contributed by atoms with E-state index in [1.165, 1.54) is 0 Å². The molecule has 9 heavy (non-hydrogen) atoms. The summed E-state index contributed by atoms with van der Waals surface area (Å²) in [6.07, 6.45) is 8.67. The van der Waals surface area contributed by atoms with Crippen molar-refractivity contribution in [3.05, 3.63) is 31.2 Å². The van der Waals surface area contributed by atoms with Gasteiger partial charge in [-0.3, -0.25) is 0 Å². The molecule has 0 spiro atoms. The first kappa shape index (κ1) is 5.03. The van der Waals surface area contributed by atoms with Crippen molar-refractivity contribution in [3.8, 4) is 0 Å². The molecular formula is C7H6N2. The van der Waals surface area contributed by atoms with E-state index in [1.54, 1.807) is 12.5 Å². The number of hydrogen-bond acceptors (Lipinski definition) is 1. The highest BCUT2D eigenvalue weighted by atomic mass is 15.0. The minimum atomic E-state index is 0.962. The molecule has 2 heteroatoms. The Morgan fingerprint density at radius 3 is 3.44 bits per heavy atom. The van der Waals surface area contributed by atoms with Crippen LogP contribution in [0.5, 0.6) is 0 Å². The van der Waals surface area contributed by atoms with Crippen molar-refractivity contribution in [2.45, 2.75) is 12.8 Å². The van der Waals surface area contributed by atoms with E-state index in [4.69, 9.17) is 0 Å². The monoisotopic (exact) mass is 118 g/mol. The number of hydrogen-bond donors (Lipinski definition) is 0. The fourth-order valence-corrected chi connectivity index (χ4v) is 0.919. The van der Waals surface area contributed by atoms with Crippen LogP contribution in [0.2, 0.25) is 0 Å². The van der Waals surface area contributed by atoms with Crippen molar-refractivity contribution in [2.75, 3.05) is 0 Å². The van der Waals surface area contributed by atoms with Crippen molar-refractivity contribution in [1.29, 1.82) is 0 Å². The second-order valence-electron chi connectivity index (χ2n) is 1.98. The Bertz CT molecular complexity index is 182. The van der Waals surface area contributed by atoms with Crippen LogP contribution in [0.25, 0.3) is 0 Å². The fraction of sp³-hybridized carbons (Fsp3) is 0.286. The van der Waals surface area contributed by atoms with E-state index >= 15 is 0 Å². The summed E-state index contributed by atoms with van der Waals surface area (Å²) in [6.45, 7) is 3.13. The van der Waals surface area contributed by atoms with E-state index in [2.05, 4.69) is 17.9 Å². The molecule has 0 aromatic carbocycles. The van der Waals surface area contributed by atoms with Gasteiger partial charge in [0.15, 0.2) is 0 Å². The van der Waals surface area contributed by atoms with Crippen LogP contribution in [0, 0.1) is 13.0 Å². The maximum Gasteiger partial charge on any atom is 0.0975 e. The minimum Gasteiger partial charge on any atom is -0.323 e. The first-order chi connectivity index (χ1) is 4.47. The molecule has 0 fully saturated rings. The number of aromatic nitrogens is 2. The van der Waals surface area contributed by atoms with Crippen molar-refractivity contribution in [2.24, 2.45) is 0 Å². The summed E-state index contributed by atoms with van der Waals surface area (Å²) in [5, 5.41) is 0. The van der Waals surface area contributed by atoms with E-state index in [-0.39, 0.29) is 0 Å². The van der Waals surface area contributed by atoms with E-state index in [9.17, 15) is 0 Å². The highest BCUT2D eigenvalue weighted by Crippen LogP contribution is 2.15. The maximum absolute atomic E-state index is 3.94. The van der Waals surface area contributed by atoms with E-state index in [0.717, 1.165) is 18.5 Å². The smallest absolute Gasteiger partial charge is 0.0975 e. The predicted molar refractivity (Wildman–Crippen MR) is 32.4 cm³/mol. The first-order valence-electron chi connectivity index (χ1n) is 2.97. The Balaban J connectivity index is 2.39. The summed E-state index contributed by atoms with van der Waals surface area (Å²) in [6, 6.07) is 0. The van der Waals surface area contributed by atoms with Gasteiger partial charge in [0.2, 0.25) is 0 Å². The van der Waals surface area contributed by atoms with Gasteiger partial charge in [-0.2, -0.15) is 0 Å². The average molecular weight is 118 g/mol. The van der Waals surface area contributed by atoms with Crippen molar-refractivity contribution in [1.82, 2.24) is 9.55 Å². The molecular weight excluding hydrogens is 112 g/mol. The summed E-state index contributed by atoms with van der Waals surface area (Å²) < 4.78 is 1.88. The largest absolute Gasteiger partial charge is 0.323 e. The number of fused-ring (bicyclic) bond motifs is 1. The third-order valence-electron chi connectivity index (χ3n) is 1.35. The Kier molecular flexibility index (Phi) is 1.04. The summed E-state index contributed by atoms with van der Waals surface area (Å²) in [7, 11) is 0. The minimum absolute atomic E-state index is 0.962. The van der Waals surface area contributed by atoms with Crippen molar-refractivity contribution < 1.29 is 0 Å². The molecule has 4 radical (unpaired) electrons. The molecule has 0 saturated heterocycles. The van der Waals surface area contributed by atoms with E-state index in [1.807, 2.05) is 4.57 Å². The molecule has 0 unspecified atom stereocenters.